The van der Waals surface area contributed by atoms with Gasteiger partial charge in [-0.3, -0.25) is 0 Å². The highest BCUT2D eigenvalue weighted by molar-refractivity contribution is 6.33. The number of hydrogen-bond donors (Lipinski definition) is 1. The number of halogens is 1. The van der Waals surface area contributed by atoms with Crippen molar-refractivity contribution in [2.24, 2.45) is 0 Å². The van der Waals surface area contributed by atoms with Gasteiger partial charge in [-0.1, -0.05) is 35.9 Å². The van der Waals surface area contributed by atoms with E-state index >= 15 is 0 Å². The van der Waals surface area contributed by atoms with Crippen LogP contribution in [0.3, 0.4) is 0 Å². The molecule has 82 valence electrons. The molecule has 0 amide bonds. The summed E-state index contributed by atoms with van der Waals surface area (Å²) in [7, 11) is 1.94. The van der Waals surface area contributed by atoms with E-state index in [2.05, 4.69) is 6.58 Å². The van der Waals surface area contributed by atoms with Crippen molar-refractivity contribution in [2.75, 3.05) is 18.5 Å². The fourth-order valence-corrected chi connectivity index (χ4v) is 1.94. The lowest BCUT2D eigenvalue weighted by molar-refractivity contribution is 0.282. The highest BCUT2D eigenvalue weighted by Crippen LogP contribution is 2.29. The van der Waals surface area contributed by atoms with Crippen LogP contribution in [0, 0.1) is 0 Å². The summed E-state index contributed by atoms with van der Waals surface area (Å²) in [5, 5.41) is 9.88. The summed E-state index contributed by atoms with van der Waals surface area (Å²) in [4.78, 5) is 2.00. The first kappa shape index (κ1) is 12.1. The molecule has 1 rings (SSSR count). The van der Waals surface area contributed by atoms with Gasteiger partial charge in [0.05, 0.1) is 17.3 Å². The molecule has 0 heterocycles. The van der Waals surface area contributed by atoms with E-state index in [1.807, 2.05) is 37.1 Å². The van der Waals surface area contributed by atoms with E-state index in [-0.39, 0.29) is 6.61 Å². The summed E-state index contributed by atoms with van der Waals surface area (Å²) in [6.07, 6.45) is 0. The Balaban J connectivity index is 3.05. The third-order valence-electron chi connectivity index (χ3n) is 2.13. The van der Waals surface area contributed by atoms with Gasteiger partial charge in [-0.15, -0.1) is 0 Å². The molecule has 0 aliphatic heterocycles. The van der Waals surface area contributed by atoms with Gasteiger partial charge in [-0.05, 0) is 13.0 Å². The Bertz CT molecular complexity index is 363. The highest BCUT2D eigenvalue weighted by atomic mass is 35.5. The highest BCUT2D eigenvalue weighted by Gasteiger charge is 2.10. The minimum absolute atomic E-state index is 0.00355. The van der Waals surface area contributed by atoms with Gasteiger partial charge in [0.25, 0.3) is 0 Å². The van der Waals surface area contributed by atoms with Crippen LogP contribution < -0.4 is 4.90 Å². The SMILES string of the molecule is C=C(C)CN(C)c1c(Cl)cccc1CO. The fraction of sp³-hybridized carbons (Fsp3) is 0.333. The monoisotopic (exact) mass is 225 g/mol. The predicted octanol–water partition coefficient (Wildman–Crippen LogP) is 2.84. The second-order valence-corrected chi connectivity index (χ2v) is 4.13. The normalized spacial score (nSPS) is 10.1. The molecule has 0 unspecified atom stereocenters. The lowest BCUT2D eigenvalue weighted by Gasteiger charge is -2.23. The van der Waals surface area contributed by atoms with Gasteiger partial charge in [-0.2, -0.15) is 0 Å². The molecule has 0 fully saturated rings. The fourth-order valence-electron chi connectivity index (χ4n) is 1.60. The van der Waals surface area contributed by atoms with Crippen molar-refractivity contribution >= 4 is 17.3 Å². The number of aliphatic hydroxyl groups is 1. The number of nitrogens with zero attached hydrogens (tertiary/aromatic N) is 1. The maximum Gasteiger partial charge on any atom is 0.0702 e. The van der Waals surface area contributed by atoms with Crippen molar-refractivity contribution in [3.05, 3.63) is 40.9 Å². The average molecular weight is 226 g/mol. The largest absolute Gasteiger partial charge is 0.392 e. The van der Waals surface area contributed by atoms with Gasteiger partial charge in [0.15, 0.2) is 0 Å². The van der Waals surface area contributed by atoms with Crippen LogP contribution in [0.2, 0.25) is 5.02 Å². The number of anilines is 1. The summed E-state index contributed by atoms with van der Waals surface area (Å²) in [5.74, 6) is 0. The first-order valence-electron chi connectivity index (χ1n) is 4.80. The Morgan fingerprint density at radius 3 is 2.73 bits per heavy atom. The average Bonchev–Trinajstić information content (AvgIpc) is 2.15. The van der Waals surface area contributed by atoms with Crippen molar-refractivity contribution in [1.29, 1.82) is 0 Å². The molecule has 1 N–H and O–H groups in total. The predicted molar refractivity (Wildman–Crippen MR) is 65.5 cm³/mol. The molecule has 0 saturated heterocycles. The Morgan fingerprint density at radius 2 is 2.20 bits per heavy atom. The molecule has 1 aromatic rings. The zero-order valence-electron chi connectivity index (χ0n) is 9.13. The molecule has 3 heteroatoms. The summed E-state index contributed by atoms with van der Waals surface area (Å²) in [6, 6.07) is 5.53. The van der Waals surface area contributed by atoms with E-state index in [1.54, 1.807) is 0 Å². The Hall–Kier alpha value is -0.990. The number of likely N-dealkylation sites (N-methyl/N-ethyl adjacent to an activating group) is 1. The number of para-hydroxylation sites is 1. The number of rotatable bonds is 4. The Morgan fingerprint density at radius 1 is 1.53 bits per heavy atom. The topological polar surface area (TPSA) is 23.5 Å². The first-order valence-corrected chi connectivity index (χ1v) is 5.17. The maximum absolute atomic E-state index is 9.22. The van der Waals surface area contributed by atoms with Gasteiger partial charge in [0.1, 0.15) is 0 Å². The van der Waals surface area contributed by atoms with E-state index in [1.165, 1.54) is 0 Å². The maximum atomic E-state index is 9.22. The molecule has 0 bridgehead atoms. The van der Waals surface area contributed by atoms with Crippen LogP contribution in [0.4, 0.5) is 5.69 Å². The minimum atomic E-state index is -0.00355. The molecule has 0 aliphatic carbocycles. The minimum Gasteiger partial charge on any atom is -0.392 e. The smallest absolute Gasteiger partial charge is 0.0702 e. The van der Waals surface area contributed by atoms with Crippen LogP contribution >= 0.6 is 11.6 Å². The molecule has 0 saturated carbocycles. The second-order valence-electron chi connectivity index (χ2n) is 3.72. The lowest BCUT2D eigenvalue weighted by atomic mass is 10.1. The van der Waals surface area contributed by atoms with Crippen LogP contribution in [-0.4, -0.2) is 18.7 Å². The molecule has 0 aromatic heterocycles. The number of aliphatic hydroxyl groups excluding tert-OH is 1. The van der Waals surface area contributed by atoms with Gasteiger partial charge in [0, 0.05) is 19.2 Å². The zero-order chi connectivity index (χ0) is 11.4. The van der Waals surface area contributed by atoms with Crippen LogP contribution in [0.1, 0.15) is 12.5 Å². The van der Waals surface area contributed by atoms with Crippen molar-refractivity contribution in [1.82, 2.24) is 0 Å². The molecular formula is C12H16ClNO. The van der Waals surface area contributed by atoms with E-state index in [0.717, 1.165) is 23.4 Å². The van der Waals surface area contributed by atoms with Crippen molar-refractivity contribution in [3.8, 4) is 0 Å². The molecule has 15 heavy (non-hydrogen) atoms. The van der Waals surface area contributed by atoms with E-state index < -0.39 is 0 Å². The van der Waals surface area contributed by atoms with Crippen molar-refractivity contribution in [3.63, 3.8) is 0 Å². The van der Waals surface area contributed by atoms with Crippen molar-refractivity contribution < 1.29 is 5.11 Å². The second kappa shape index (κ2) is 5.19. The lowest BCUT2D eigenvalue weighted by Crippen LogP contribution is -2.20. The zero-order valence-corrected chi connectivity index (χ0v) is 9.88. The molecule has 2 nitrogen and oxygen atoms in total. The van der Waals surface area contributed by atoms with Crippen LogP contribution in [0.15, 0.2) is 30.4 Å². The van der Waals surface area contributed by atoms with E-state index in [0.29, 0.717) is 5.02 Å². The van der Waals surface area contributed by atoms with Crippen LogP contribution in [0.5, 0.6) is 0 Å². The van der Waals surface area contributed by atoms with Gasteiger partial charge < -0.3 is 10.0 Å². The molecule has 0 spiro atoms. The molecule has 0 atom stereocenters. The summed E-state index contributed by atoms with van der Waals surface area (Å²) in [6.45, 7) is 6.55. The summed E-state index contributed by atoms with van der Waals surface area (Å²) >= 11 is 6.10. The number of hydrogen-bond acceptors (Lipinski definition) is 2. The quantitative estimate of drug-likeness (QED) is 0.797. The van der Waals surface area contributed by atoms with Crippen molar-refractivity contribution in [2.45, 2.75) is 13.5 Å². The van der Waals surface area contributed by atoms with Gasteiger partial charge in [0.2, 0.25) is 0 Å². The third-order valence-corrected chi connectivity index (χ3v) is 2.43. The van der Waals surface area contributed by atoms with Crippen LogP contribution in [-0.2, 0) is 6.61 Å². The molecule has 0 aliphatic rings. The Kier molecular flexibility index (Phi) is 4.18. The molecular weight excluding hydrogens is 210 g/mol. The van der Waals surface area contributed by atoms with Gasteiger partial charge >= 0.3 is 0 Å². The molecule has 1 aromatic carbocycles. The number of benzene rings is 1. The Labute approximate surface area is 95.8 Å². The summed E-state index contributed by atoms with van der Waals surface area (Å²) in [5.41, 5.74) is 2.78. The summed E-state index contributed by atoms with van der Waals surface area (Å²) < 4.78 is 0. The van der Waals surface area contributed by atoms with E-state index in [4.69, 9.17) is 11.6 Å². The first-order chi connectivity index (χ1) is 7.06. The molecule has 0 radical (unpaired) electrons. The van der Waals surface area contributed by atoms with E-state index in [9.17, 15) is 5.11 Å². The standard InChI is InChI=1S/C12H16ClNO/c1-9(2)7-14(3)12-10(8-15)5-4-6-11(12)13/h4-6,15H,1,7-8H2,2-3H3. The van der Waals surface area contributed by atoms with Crippen LogP contribution in [0.25, 0.3) is 0 Å². The third kappa shape index (κ3) is 2.98. The van der Waals surface area contributed by atoms with Gasteiger partial charge in [-0.25, -0.2) is 0 Å².